The van der Waals surface area contributed by atoms with Crippen molar-refractivity contribution in [2.45, 2.75) is 18.6 Å². The molecule has 0 aliphatic carbocycles. The van der Waals surface area contributed by atoms with Gasteiger partial charge in [0.15, 0.2) is 5.78 Å². The van der Waals surface area contributed by atoms with Crippen molar-refractivity contribution in [2.24, 2.45) is 5.73 Å². The Hall–Kier alpha value is -0.940. The van der Waals surface area contributed by atoms with Crippen LogP contribution in [-0.2, 0) is 16.0 Å². The maximum atomic E-state index is 12.0. The predicted molar refractivity (Wildman–Crippen MR) is 73.0 cm³/mol. The van der Waals surface area contributed by atoms with E-state index in [4.69, 9.17) is 10.5 Å². The average molecular weight is 271 g/mol. The highest BCUT2D eigenvalue weighted by Gasteiger charge is 2.26. The first kappa shape index (κ1) is 15.1. The van der Waals surface area contributed by atoms with Crippen LogP contribution in [0.15, 0.2) is 30.3 Å². The van der Waals surface area contributed by atoms with E-state index >= 15 is 0 Å². The summed E-state index contributed by atoms with van der Waals surface area (Å²) in [5, 5.41) is 3.13. The van der Waals surface area contributed by atoms with Crippen molar-refractivity contribution in [1.82, 2.24) is 5.32 Å². The molecule has 1 aliphatic heterocycles. The van der Waals surface area contributed by atoms with Gasteiger partial charge in [0.2, 0.25) is 0 Å². The Morgan fingerprint density at radius 1 is 1.44 bits per heavy atom. The number of ketones is 1. The van der Waals surface area contributed by atoms with Gasteiger partial charge in [0.25, 0.3) is 0 Å². The van der Waals surface area contributed by atoms with Gasteiger partial charge >= 0.3 is 0 Å². The highest BCUT2D eigenvalue weighted by molar-refractivity contribution is 5.88. The number of hydrogen-bond acceptors (Lipinski definition) is 4. The highest BCUT2D eigenvalue weighted by atomic mass is 35.5. The van der Waals surface area contributed by atoms with Gasteiger partial charge in [0.05, 0.1) is 12.6 Å². The van der Waals surface area contributed by atoms with Crippen molar-refractivity contribution in [3.8, 4) is 0 Å². The molecule has 3 N–H and O–H groups in total. The van der Waals surface area contributed by atoms with Crippen LogP contribution in [0.3, 0.4) is 0 Å². The van der Waals surface area contributed by atoms with Gasteiger partial charge in [0.1, 0.15) is 6.10 Å². The average Bonchev–Trinajstić information content (AvgIpc) is 2.40. The lowest BCUT2D eigenvalue weighted by Crippen LogP contribution is -2.49. The lowest BCUT2D eigenvalue weighted by atomic mass is 9.99. The van der Waals surface area contributed by atoms with Crippen LogP contribution in [0.2, 0.25) is 0 Å². The number of ether oxygens (including phenoxy) is 1. The van der Waals surface area contributed by atoms with E-state index in [-0.39, 0.29) is 24.3 Å². The Labute approximate surface area is 113 Å². The number of halogens is 1. The summed E-state index contributed by atoms with van der Waals surface area (Å²) in [6, 6.07) is 9.32. The second-order valence-electron chi connectivity index (χ2n) is 4.26. The summed E-state index contributed by atoms with van der Waals surface area (Å²) in [5.74, 6) is -0.0129. The van der Waals surface area contributed by atoms with Crippen LogP contribution < -0.4 is 11.1 Å². The molecule has 1 saturated heterocycles. The molecule has 0 aromatic heterocycles. The third kappa shape index (κ3) is 4.07. The first-order chi connectivity index (χ1) is 8.27. The minimum absolute atomic E-state index is 0. The van der Waals surface area contributed by atoms with E-state index in [0.29, 0.717) is 19.6 Å². The minimum Gasteiger partial charge on any atom is -0.368 e. The van der Waals surface area contributed by atoms with Crippen LogP contribution in [0.1, 0.15) is 5.56 Å². The van der Waals surface area contributed by atoms with Gasteiger partial charge in [-0.3, -0.25) is 4.79 Å². The number of nitrogens with one attached hydrogen (secondary N) is 1. The molecular weight excluding hydrogens is 252 g/mol. The summed E-state index contributed by atoms with van der Waals surface area (Å²) in [6.07, 6.45) is 0.182. The second kappa shape index (κ2) is 7.48. The standard InChI is InChI=1S/C13H18N2O2.ClH/c14-11(8-10-4-2-1-3-5-10)13(16)12-9-15-6-7-17-12;/h1-5,11-12,15H,6-9,14H2;1H. The SMILES string of the molecule is Cl.NC(Cc1ccccc1)C(=O)C1CNCCO1. The highest BCUT2D eigenvalue weighted by Crippen LogP contribution is 2.06. The van der Waals surface area contributed by atoms with E-state index in [0.717, 1.165) is 12.1 Å². The van der Waals surface area contributed by atoms with Crippen molar-refractivity contribution in [1.29, 1.82) is 0 Å². The van der Waals surface area contributed by atoms with E-state index < -0.39 is 6.04 Å². The third-order valence-electron chi connectivity index (χ3n) is 2.91. The van der Waals surface area contributed by atoms with Crippen molar-refractivity contribution in [3.05, 3.63) is 35.9 Å². The largest absolute Gasteiger partial charge is 0.368 e. The fourth-order valence-corrected chi connectivity index (χ4v) is 1.96. The number of Topliss-reactive ketones (excluding diaryl/α,β-unsaturated/α-hetero) is 1. The zero-order valence-corrected chi connectivity index (χ0v) is 11.0. The van der Waals surface area contributed by atoms with Crippen LogP contribution in [0.5, 0.6) is 0 Å². The van der Waals surface area contributed by atoms with Crippen LogP contribution in [0, 0.1) is 0 Å². The number of rotatable bonds is 4. The molecule has 100 valence electrons. The van der Waals surface area contributed by atoms with Crippen LogP contribution in [-0.4, -0.2) is 37.6 Å². The number of morpholine rings is 1. The molecule has 2 atom stereocenters. The summed E-state index contributed by atoms with van der Waals surface area (Å²) >= 11 is 0. The molecule has 2 rings (SSSR count). The fourth-order valence-electron chi connectivity index (χ4n) is 1.96. The molecular formula is C13H19ClN2O2. The van der Waals surface area contributed by atoms with Crippen molar-refractivity contribution in [3.63, 3.8) is 0 Å². The first-order valence-corrected chi connectivity index (χ1v) is 5.93. The summed E-state index contributed by atoms with van der Waals surface area (Å²) in [6.45, 7) is 1.95. The van der Waals surface area contributed by atoms with Crippen LogP contribution in [0.4, 0.5) is 0 Å². The Morgan fingerprint density at radius 3 is 2.78 bits per heavy atom. The summed E-state index contributed by atoms with van der Waals surface area (Å²) in [5.41, 5.74) is 7.00. The smallest absolute Gasteiger partial charge is 0.179 e. The Balaban J connectivity index is 0.00000162. The summed E-state index contributed by atoms with van der Waals surface area (Å²) < 4.78 is 5.41. The van der Waals surface area contributed by atoms with Gasteiger partial charge in [-0.2, -0.15) is 0 Å². The van der Waals surface area contributed by atoms with E-state index in [9.17, 15) is 4.79 Å². The third-order valence-corrected chi connectivity index (χ3v) is 2.91. The molecule has 0 bridgehead atoms. The maximum Gasteiger partial charge on any atom is 0.179 e. The van der Waals surface area contributed by atoms with Crippen LogP contribution >= 0.6 is 12.4 Å². The van der Waals surface area contributed by atoms with Gasteiger partial charge < -0.3 is 15.8 Å². The summed E-state index contributed by atoms with van der Waals surface area (Å²) in [7, 11) is 0. The maximum absolute atomic E-state index is 12.0. The quantitative estimate of drug-likeness (QED) is 0.838. The second-order valence-corrected chi connectivity index (χ2v) is 4.26. The van der Waals surface area contributed by atoms with Gasteiger partial charge in [-0.15, -0.1) is 12.4 Å². The van der Waals surface area contributed by atoms with Gasteiger partial charge in [-0.25, -0.2) is 0 Å². The molecule has 2 unspecified atom stereocenters. The fraction of sp³-hybridized carbons (Fsp3) is 0.462. The monoisotopic (exact) mass is 270 g/mol. The molecule has 1 fully saturated rings. The van der Waals surface area contributed by atoms with Gasteiger partial charge in [-0.1, -0.05) is 30.3 Å². The van der Waals surface area contributed by atoms with Crippen molar-refractivity contribution < 1.29 is 9.53 Å². The van der Waals surface area contributed by atoms with Gasteiger partial charge in [-0.05, 0) is 12.0 Å². The van der Waals surface area contributed by atoms with E-state index in [1.807, 2.05) is 30.3 Å². The Bertz CT molecular complexity index is 367. The molecule has 0 amide bonds. The van der Waals surface area contributed by atoms with Crippen molar-refractivity contribution in [2.75, 3.05) is 19.7 Å². The zero-order valence-electron chi connectivity index (χ0n) is 10.2. The zero-order chi connectivity index (χ0) is 12.1. The molecule has 1 aromatic carbocycles. The number of carbonyl (C=O) groups is 1. The lowest BCUT2D eigenvalue weighted by molar-refractivity contribution is -0.133. The molecule has 0 radical (unpaired) electrons. The molecule has 1 aromatic rings. The molecule has 0 spiro atoms. The number of nitrogens with two attached hydrogens (primary N) is 1. The number of hydrogen-bond donors (Lipinski definition) is 2. The molecule has 1 aliphatic rings. The topological polar surface area (TPSA) is 64.4 Å². The first-order valence-electron chi connectivity index (χ1n) is 5.93. The van der Waals surface area contributed by atoms with Gasteiger partial charge in [0, 0.05) is 13.1 Å². The van der Waals surface area contributed by atoms with E-state index in [1.54, 1.807) is 0 Å². The minimum atomic E-state index is -0.484. The molecule has 0 saturated carbocycles. The Morgan fingerprint density at radius 2 is 2.17 bits per heavy atom. The number of benzene rings is 1. The number of carbonyl (C=O) groups excluding carboxylic acids is 1. The van der Waals surface area contributed by atoms with Crippen LogP contribution in [0.25, 0.3) is 0 Å². The Kier molecular flexibility index (Phi) is 6.29. The summed E-state index contributed by atoms with van der Waals surface area (Å²) in [4.78, 5) is 12.0. The lowest BCUT2D eigenvalue weighted by Gasteiger charge is -2.24. The van der Waals surface area contributed by atoms with Crippen molar-refractivity contribution >= 4 is 18.2 Å². The predicted octanol–water partition coefficient (Wildman–Crippen LogP) is 0.536. The molecule has 1 heterocycles. The van der Waals surface area contributed by atoms with E-state index in [1.165, 1.54) is 0 Å². The normalized spacial score (nSPS) is 20.8. The molecule has 4 nitrogen and oxygen atoms in total. The van der Waals surface area contributed by atoms with E-state index in [2.05, 4.69) is 5.32 Å². The molecule has 5 heteroatoms. The molecule has 18 heavy (non-hydrogen) atoms.